The molecule has 1 rings (SSSR count). The standard InChI is InChI=1S/C13H22NO14P3/c15-8-10(26-29(17,18)19)11(27-30(20,21)22)12(28-31(23,24)25)13(16)14-7-6-9-4-2-1-3-5-9/h1-5,10-12,15H,6-8H2,(H,14,16)(H2,17,18,19)(H2,20,21,22)(H2,23,24,25)/t10-,11+,12+/m1/s1. The molecule has 0 aliphatic carbocycles. The lowest BCUT2D eigenvalue weighted by atomic mass is 10.1. The van der Waals surface area contributed by atoms with Crippen LogP contribution in [0.2, 0.25) is 0 Å². The molecule has 178 valence electrons. The third kappa shape index (κ3) is 12.0. The highest BCUT2D eigenvalue weighted by Gasteiger charge is 2.45. The predicted molar refractivity (Wildman–Crippen MR) is 101 cm³/mol. The van der Waals surface area contributed by atoms with E-state index in [1.807, 2.05) is 0 Å². The highest BCUT2D eigenvalue weighted by atomic mass is 31.2. The summed E-state index contributed by atoms with van der Waals surface area (Å²) in [6.45, 7) is -1.51. The van der Waals surface area contributed by atoms with Gasteiger partial charge >= 0.3 is 23.5 Å². The second-order valence-electron chi connectivity index (χ2n) is 5.92. The summed E-state index contributed by atoms with van der Waals surface area (Å²) in [5, 5.41) is 11.5. The number of phosphoric acid groups is 3. The number of hydrogen-bond donors (Lipinski definition) is 8. The normalized spacial score (nSPS) is 15.8. The Hall–Kier alpha value is -1.02. The maximum atomic E-state index is 12.5. The molecule has 0 aliphatic rings. The quantitative estimate of drug-likeness (QED) is 0.145. The van der Waals surface area contributed by atoms with E-state index in [0.717, 1.165) is 5.56 Å². The first-order valence-corrected chi connectivity index (χ1v) is 12.8. The summed E-state index contributed by atoms with van der Waals surface area (Å²) in [6.07, 6.45) is -7.18. The summed E-state index contributed by atoms with van der Waals surface area (Å²) in [6, 6.07) is 8.60. The van der Waals surface area contributed by atoms with Gasteiger partial charge in [0, 0.05) is 6.54 Å². The first kappa shape index (κ1) is 28.0. The fourth-order valence-corrected chi connectivity index (χ4v) is 3.94. The summed E-state index contributed by atoms with van der Waals surface area (Å²) >= 11 is 0. The molecule has 1 aromatic rings. The van der Waals surface area contributed by atoms with Gasteiger partial charge in [0.25, 0.3) is 5.91 Å². The van der Waals surface area contributed by atoms with E-state index < -0.39 is 54.3 Å². The number of rotatable bonds is 13. The molecule has 0 heterocycles. The molecule has 15 nitrogen and oxygen atoms in total. The van der Waals surface area contributed by atoms with Crippen LogP contribution in [0.3, 0.4) is 0 Å². The van der Waals surface area contributed by atoms with Crippen molar-refractivity contribution in [1.82, 2.24) is 5.32 Å². The molecule has 0 spiro atoms. The lowest BCUT2D eigenvalue weighted by Crippen LogP contribution is -2.51. The Labute approximate surface area is 175 Å². The molecule has 0 aromatic heterocycles. The number of aliphatic hydroxyl groups excluding tert-OH is 1. The Balaban J connectivity index is 3.16. The SMILES string of the molecule is O=C(NCCc1ccccc1)[C@@H](OP(=O)(O)O)[C@@H](OP(=O)(O)O)[C@@H](CO)OP(=O)(O)O. The number of nitrogens with one attached hydrogen (secondary N) is 1. The van der Waals surface area contributed by atoms with Gasteiger partial charge in [-0.2, -0.15) is 0 Å². The van der Waals surface area contributed by atoms with E-state index in [0.29, 0.717) is 0 Å². The second kappa shape index (κ2) is 11.7. The van der Waals surface area contributed by atoms with Crippen molar-refractivity contribution >= 4 is 29.4 Å². The Morgan fingerprint density at radius 3 is 1.84 bits per heavy atom. The van der Waals surface area contributed by atoms with Gasteiger partial charge in [0.15, 0.2) is 6.10 Å². The van der Waals surface area contributed by atoms with Crippen LogP contribution in [0.15, 0.2) is 30.3 Å². The van der Waals surface area contributed by atoms with Crippen molar-refractivity contribution in [1.29, 1.82) is 0 Å². The average Bonchev–Trinajstić information content (AvgIpc) is 2.61. The van der Waals surface area contributed by atoms with E-state index in [4.69, 9.17) is 29.4 Å². The first-order chi connectivity index (χ1) is 14.1. The number of amides is 1. The third-order valence-corrected chi connectivity index (χ3v) is 5.01. The van der Waals surface area contributed by atoms with Gasteiger partial charge in [-0.05, 0) is 12.0 Å². The van der Waals surface area contributed by atoms with Crippen molar-refractivity contribution in [3.63, 3.8) is 0 Å². The summed E-state index contributed by atoms with van der Waals surface area (Å²) < 4.78 is 46.3. The van der Waals surface area contributed by atoms with E-state index in [9.17, 15) is 23.6 Å². The van der Waals surface area contributed by atoms with Crippen LogP contribution in [-0.2, 0) is 38.5 Å². The van der Waals surface area contributed by atoms with Gasteiger partial charge in [-0.1, -0.05) is 30.3 Å². The number of carbonyl (C=O) groups is 1. The molecule has 8 N–H and O–H groups in total. The number of aliphatic hydroxyl groups is 1. The number of benzene rings is 1. The minimum atomic E-state index is -5.54. The molecule has 0 saturated carbocycles. The minimum absolute atomic E-state index is 0.129. The van der Waals surface area contributed by atoms with Crippen molar-refractivity contribution in [2.75, 3.05) is 13.2 Å². The Morgan fingerprint density at radius 1 is 0.871 bits per heavy atom. The average molecular weight is 509 g/mol. The van der Waals surface area contributed by atoms with Crippen LogP contribution in [-0.4, -0.2) is 71.8 Å². The van der Waals surface area contributed by atoms with Gasteiger partial charge < -0.3 is 39.8 Å². The highest BCUT2D eigenvalue weighted by Crippen LogP contribution is 2.46. The zero-order valence-corrected chi connectivity index (χ0v) is 18.3. The minimum Gasteiger partial charge on any atom is -0.394 e. The van der Waals surface area contributed by atoms with Crippen LogP contribution in [0.25, 0.3) is 0 Å². The summed E-state index contributed by atoms with van der Waals surface area (Å²) in [5.41, 5.74) is 0.761. The summed E-state index contributed by atoms with van der Waals surface area (Å²) in [4.78, 5) is 66.6. The molecule has 3 atom stereocenters. The van der Waals surface area contributed by atoms with E-state index in [1.165, 1.54) is 0 Å². The van der Waals surface area contributed by atoms with Crippen molar-refractivity contribution in [3.8, 4) is 0 Å². The molecule has 0 unspecified atom stereocenters. The predicted octanol–water partition coefficient (Wildman–Crippen LogP) is -1.23. The zero-order valence-electron chi connectivity index (χ0n) is 15.6. The molecule has 0 radical (unpaired) electrons. The molecule has 0 saturated heterocycles. The lowest BCUT2D eigenvalue weighted by Gasteiger charge is -2.31. The Morgan fingerprint density at radius 2 is 1.39 bits per heavy atom. The van der Waals surface area contributed by atoms with Gasteiger partial charge in [0.05, 0.1) is 6.61 Å². The number of carbonyl (C=O) groups excluding carboxylic acids is 1. The van der Waals surface area contributed by atoms with Gasteiger partial charge in [-0.15, -0.1) is 0 Å². The maximum Gasteiger partial charge on any atom is 0.470 e. The summed E-state index contributed by atoms with van der Waals surface area (Å²) in [5.74, 6) is -1.37. The van der Waals surface area contributed by atoms with Gasteiger partial charge in [0.1, 0.15) is 12.2 Å². The molecule has 1 amide bonds. The van der Waals surface area contributed by atoms with Gasteiger partial charge in [-0.25, -0.2) is 13.7 Å². The topological polar surface area (TPSA) is 250 Å². The molecule has 1 aromatic carbocycles. The maximum absolute atomic E-state index is 12.5. The summed E-state index contributed by atoms with van der Waals surface area (Å²) in [7, 11) is -16.5. The second-order valence-corrected chi connectivity index (χ2v) is 9.50. The van der Waals surface area contributed by atoms with E-state index in [2.05, 4.69) is 18.9 Å². The third-order valence-electron chi connectivity index (χ3n) is 3.44. The van der Waals surface area contributed by atoms with E-state index >= 15 is 0 Å². The Bertz CT molecular complexity index is 848. The molecular weight excluding hydrogens is 487 g/mol. The van der Waals surface area contributed by atoms with E-state index in [-0.39, 0.29) is 13.0 Å². The molecule has 31 heavy (non-hydrogen) atoms. The Kier molecular flexibility index (Phi) is 10.6. The fraction of sp³-hybridized carbons (Fsp3) is 0.462. The lowest BCUT2D eigenvalue weighted by molar-refractivity contribution is -0.139. The van der Waals surface area contributed by atoms with Gasteiger partial charge in [-0.3, -0.25) is 18.4 Å². The van der Waals surface area contributed by atoms with E-state index in [1.54, 1.807) is 30.3 Å². The molecular formula is C13H22NO14P3. The van der Waals surface area contributed by atoms with Crippen molar-refractivity contribution in [3.05, 3.63) is 35.9 Å². The monoisotopic (exact) mass is 509 g/mol. The highest BCUT2D eigenvalue weighted by molar-refractivity contribution is 7.47. The molecule has 0 bridgehead atoms. The molecule has 0 fully saturated rings. The van der Waals surface area contributed by atoms with Crippen LogP contribution in [0.1, 0.15) is 5.56 Å². The largest absolute Gasteiger partial charge is 0.470 e. The zero-order chi connectivity index (χ0) is 23.9. The van der Waals surface area contributed by atoms with Crippen molar-refractivity contribution < 1.29 is 66.5 Å². The van der Waals surface area contributed by atoms with Crippen molar-refractivity contribution in [2.24, 2.45) is 0 Å². The van der Waals surface area contributed by atoms with Crippen LogP contribution in [0, 0.1) is 0 Å². The number of hydrogen-bond acceptors (Lipinski definition) is 8. The smallest absolute Gasteiger partial charge is 0.394 e. The van der Waals surface area contributed by atoms with Crippen LogP contribution < -0.4 is 5.32 Å². The van der Waals surface area contributed by atoms with Crippen LogP contribution in [0.5, 0.6) is 0 Å². The van der Waals surface area contributed by atoms with Crippen LogP contribution in [0.4, 0.5) is 0 Å². The first-order valence-electron chi connectivity index (χ1n) is 8.25. The molecule has 18 heteroatoms. The number of phosphoric ester groups is 3. The fourth-order valence-electron chi connectivity index (χ4n) is 2.33. The van der Waals surface area contributed by atoms with Crippen LogP contribution >= 0.6 is 23.5 Å². The van der Waals surface area contributed by atoms with Crippen molar-refractivity contribution in [2.45, 2.75) is 24.7 Å². The van der Waals surface area contributed by atoms with Gasteiger partial charge in [0.2, 0.25) is 0 Å². The molecule has 0 aliphatic heterocycles.